The number of aliphatic hydroxyl groups excluding tert-OH is 1. The van der Waals surface area contributed by atoms with E-state index in [4.69, 9.17) is 25.8 Å². The van der Waals surface area contributed by atoms with Gasteiger partial charge in [0.25, 0.3) is 6.48 Å². The first-order valence-corrected chi connectivity index (χ1v) is 8.72. The van der Waals surface area contributed by atoms with E-state index in [2.05, 4.69) is 6.08 Å². The molecule has 1 N–H and O–H groups in total. The van der Waals surface area contributed by atoms with Crippen LogP contribution in [0.1, 0.15) is 38.5 Å². The third-order valence-electron chi connectivity index (χ3n) is 4.44. The van der Waals surface area contributed by atoms with Crippen LogP contribution in [0, 0.1) is 11.8 Å². The van der Waals surface area contributed by atoms with Crippen molar-refractivity contribution in [2.45, 2.75) is 51.3 Å². The van der Waals surface area contributed by atoms with E-state index < -0.39 is 12.8 Å². The Morgan fingerprint density at radius 1 is 1.35 bits per heavy atom. The molecule has 6 heteroatoms. The number of aliphatic hydroxyl groups is 1. The molecule has 23 heavy (non-hydrogen) atoms. The normalized spacial score (nSPS) is 30.4. The lowest BCUT2D eigenvalue weighted by Crippen LogP contribution is -2.36. The van der Waals surface area contributed by atoms with Crippen molar-refractivity contribution < 1.29 is 23.7 Å². The minimum absolute atomic E-state index is 0.244. The van der Waals surface area contributed by atoms with E-state index in [-0.39, 0.29) is 6.67 Å². The van der Waals surface area contributed by atoms with Crippen molar-refractivity contribution in [2.75, 3.05) is 19.9 Å². The number of rotatable bonds is 8. The summed E-state index contributed by atoms with van der Waals surface area (Å²) in [5.74, 6) is 1.04. The number of hydrogen-bond donors (Lipinski definition) is 1. The monoisotopic (exact) mass is 348 g/mol. The molecule has 0 aromatic carbocycles. The quantitative estimate of drug-likeness (QED) is 0.534. The summed E-state index contributed by atoms with van der Waals surface area (Å²) in [5, 5.41) is 9.42. The molecule has 0 aromatic heterocycles. The molecule has 1 fully saturated rings. The summed E-state index contributed by atoms with van der Waals surface area (Å²) >= 11 is 5.35. The van der Waals surface area contributed by atoms with Gasteiger partial charge in [-0.3, -0.25) is 9.13 Å². The van der Waals surface area contributed by atoms with Gasteiger partial charge in [-0.25, -0.2) is 0 Å². The van der Waals surface area contributed by atoms with Crippen LogP contribution in [0.5, 0.6) is 0 Å². The minimum atomic E-state index is -1.12. The lowest BCUT2D eigenvalue weighted by molar-refractivity contribution is -0.351. The second-order valence-corrected chi connectivity index (χ2v) is 6.44. The Hall–Kier alpha value is -0.460. The predicted octanol–water partition coefficient (Wildman–Crippen LogP) is 3.89. The molecule has 0 amide bonds. The molecule has 1 saturated heterocycles. The Labute approximate surface area is 142 Å². The third kappa shape index (κ3) is 6.89. The van der Waals surface area contributed by atoms with E-state index in [9.17, 15) is 9.50 Å². The average Bonchev–Trinajstić information content (AvgIpc) is 2.56. The van der Waals surface area contributed by atoms with Crippen LogP contribution in [0.15, 0.2) is 23.3 Å². The molecular weight excluding hydrogens is 323 g/mol. The van der Waals surface area contributed by atoms with Gasteiger partial charge in [-0.15, -0.1) is 0 Å². The zero-order valence-corrected chi connectivity index (χ0v) is 14.1. The van der Waals surface area contributed by atoms with Gasteiger partial charge in [-0.2, -0.15) is 0 Å². The van der Waals surface area contributed by atoms with Crippen LogP contribution in [0.25, 0.3) is 0 Å². The van der Waals surface area contributed by atoms with Crippen molar-refractivity contribution in [1.82, 2.24) is 0 Å². The molecule has 4 nitrogen and oxygen atoms in total. The Morgan fingerprint density at radius 3 is 2.70 bits per heavy atom. The molecule has 2 rings (SSSR count). The fourth-order valence-electron chi connectivity index (χ4n) is 3.02. The van der Waals surface area contributed by atoms with Crippen LogP contribution < -0.4 is 0 Å². The highest BCUT2D eigenvalue weighted by atomic mass is 35.5. The van der Waals surface area contributed by atoms with Gasteiger partial charge in [-0.05, 0) is 50.5 Å². The first kappa shape index (κ1) is 18.9. The minimum Gasteiger partial charge on any atom is -0.364 e. The molecule has 0 saturated carbocycles. The maximum absolute atomic E-state index is 12.3. The molecule has 1 aliphatic heterocycles. The molecule has 2 aliphatic rings. The predicted molar refractivity (Wildman–Crippen MR) is 86.5 cm³/mol. The largest absolute Gasteiger partial charge is 0.364 e. The van der Waals surface area contributed by atoms with E-state index in [0.717, 1.165) is 32.1 Å². The Kier molecular flexibility index (Phi) is 8.55. The summed E-state index contributed by atoms with van der Waals surface area (Å²) in [4.78, 5) is 0. The maximum Gasteiger partial charge on any atom is 0.274 e. The third-order valence-corrected chi connectivity index (χ3v) is 4.58. The van der Waals surface area contributed by atoms with Crippen molar-refractivity contribution in [3.63, 3.8) is 0 Å². The molecule has 2 unspecified atom stereocenters. The topological polar surface area (TPSA) is 47.9 Å². The SMILES string of the molecule is OC(/C=C/Cl)OC1OCC(CCC2CC=C(CCF)CC2)CO1. The van der Waals surface area contributed by atoms with Crippen molar-refractivity contribution >= 4 is 11.6 Å². The second-order valence-electron chi connectivity index (χ2n) is 6.19. The van der Waals surface area contributed by atoms with Gasteiger partial charge >= 0.3 is 0 Å². The molecule has 0 bridgehead atoms. The number of halogens is 2. The molecule has 1 aliphatic carbocycles. The van der Waals surface area contributed by atoms with E-state index in [1.807, 2.05) is 0 Å². The smallest absolute Gasteiger partial charge is 0.274 e. The molecule has 0 spiro atoms. The summed E-state index contributed by atoms with van der Waals surface area (Å²) in [5.41, 5.74) is 2.46. The van der Waals surface area contributed by atoms with Gasteiger partial charge in [0, 0.05) is 11.5 Å². The van der Waals surface area contributed by atoms with Crippen LogP contribution >= 0.6 is 11.6 Å². The molecular formula is C17H26ClFO4. The fraction of sp³-hybridized carbons (Fsp3) is 0.765. The van der Waals surface area contributed by atoms with Crippen molar-refractivity contribution in [1.29, 1.82) is 0 Å². The average molecular weight is 349 g/mol. The molecule has 0 radical (unpaired) electrons. The summed E-state index contributed by atoms with van der Waals surface area (Å²) in [6, 6.07) is 0. The Balaban J connectivity index is 1.60. The van der Waals surface area contributed by atoms with Gasteiger partial charge in [0.05, 0.1) is 19.9 Å². The highest BCUT2D eigenvalue weighted by Gasteiger charge is 2.25. The summed E-state index contributed by atoms with van der Waals surface area (Å²) in [7, 11) is 0. The van der Waals surface area contributed by atoms with Crippen LogP contribution in [-0.4, -0.2) is 37.8 Å². The van der Waals surface area contributed by atoms with Gasteiger partial charge in [0.2, 0.25) is 0 Å². The van der Waals surface area contributed by atoms with E-state index in [1.54, 1.807) is 0 Å². The van der Waals surface area contributed by atoms with Gasteiger partial charge in [0.1, 0.15) is 0 Å². The molecule has 1 heterocycles. The number of hydrogen-bond acceptors (Lipinski definition) is 4. The number of allylic oxidation sites excluding steroid dienone is 2. The Morgan fingerprint density at radius 2 is 2.09 bits per heavy atom. The van der Waals surface area contributed by atoms with Crippen molar-refractivity contribution in [2.24, 2.45) is 11.8 Å². The molecule has 132 valence electrons. The van der Waals surface area contributed by atoms with Gasteiger partial charge < -0.3 is 14.6 Å². The van der Waals surface area contributed by atoms with Crippen molar-refractivity contribution in [3.8, 4) is 0 Å². The number of ether oxygens (including phenoxy) is 3. The van der Waals surface area contributed by atoms with Crippen LogP contribution in [-0.2, 0) is 14.2 Å². The van der Waals surface area contributed by atoms with Gasteiger partial charge in [0.15, 0.2) is 6.29 Å². The van der Waals surface area contributed by atoms with E-state index >= 15 is 0 Å². The standard InChI is InChI=1S/C17H26ClFO4/c18-9-7-16(20)23-17-21-11-15(12-22-17)6-5-13-1-3-14(4-2-13)8-10-19/h3,7,9,13,15-17,20H,1-2,4-6,8,10-12H2/b9-7+. The van der Waals surface area contributed by atoms with Crippen LogP contribution in [0.3, 0.4) is 0 Å². The summed E-state index contributed by atoms with van der Waals surface area (Å²) in [6.45, 7) is 0.0521. The zero-order valence-electron chi connectivity index (χ0n) is 13.3. The van der Waals surface area contributed by atoms with Crippen LogP contribution in [0.2, 0.25) is 0 Å². The number of alkyl halides is 1. The first-order chi connectivity index (χ1) is 11.2. The summed E-state index contributed by atoms with van der Waals surface area (Å²) in [6.07, 6.45) is 8.44. The van der Waals surface area contributed by atoms with Crippen molar-refractivity contribution in [3.05, 3.63) is 23.3 Å². The second kappa shape index (κ2) is 10.4. The van der Waals surface area contributed by atoms with E-state index in [0.29, 0.717) is 31.5 Å². The lowest BCUT2D eigenvalue weighted by atomic mass is 9.84. The highest BCUT2D eigenvalue weighted by molar-refractivity contribution is 6.25. The first-order valence-electron chi connectivity index (χ1n) is 8.28. The zero-order chi connectivity index (χ0) is 16.5. The molecule has 2 atom stereocenters. The fourth-order valence-corrected chi connectivity index (χ4v) is 3.14. The summed E-state index contributed by atoms with van der Waals surface area (Å²) < 4.78 is 28.3. The maximum atomic E-state index is 12.3. The van der Waals surface area contributed by atoms with E-state index in [1.165, 1.54) is 17.2 Å². The molecule has 0 aromatic rings. The lowest BCUT2D eigenvalue weighted by Gasteiger charge is -2.31. The highest BCUT2D eigenvalue weighted by Crippen LogP contribution is 2.30. The van der Waals surface area contributed by atoms with Crippen LogP contribution in [0.4, 0.5) is 4.39 Å². The van der Waals surface area contributed by atoms with Gasteiger partial charge in [-0.1, -0.05) is 23.3 Å². The Bertz CT molecular complexity index is 394.